The average Bonchev–Trinajstić information content (AvgIpc) is 2.96. The lowest BCUT2D eigenvalue weighted by atomic mass is 9.89. The first-order chi connectivity index (χ1) is 12.5. The molecule has 0 radical (unpaired) electrons. The summed E-state index contributed by atoms with van der Waals surface area (Å²) in [5.41, 5.74) is 5.91. The quantitative estimate of drug-likeness (QED) is 0.786. The van der Waals surface area contributed by atoms with Crippen LogP contribution in [-0.4, -0.2) is 44.7 Å². The summed E-state index contributed by atoms with van der Waals surface area (Å²) in [4.78, 5) is 7.24. The summed E-state index contributed by atoms with van der Waals surface area (Å²) >= 11 is 0. The van der Waals surface area contributed by atoms with Crippen LogP contribution in [0.25, 0.3) is 5.65 Å². The maximum absolute atomic E-state index is 10.9. The molecule has 5 heteroatoms. The van der Waals surface area contributed by atoms with Crippen molar-refractivity contribution in [3.8, 4) is 5.88 Å². The summed E-state index contributed by atoms with van der Waals surface area (Å²) in [7, 11) is 2.17. The molecule has 5 nitrogen and oxygen atoms in total. The van der Waals surface area contributed by atoms with Crippen LogP contribution in [0.15, 0.2) is 30.3 Å². The summed E-state index contributed by atoms with van der Waals surface area (Å²) in [6, 6.07) is 10.2. The number of rotatable bonds is 3. The molecule has 136 valence electrons. The molecule has 1 fully saturated rings. The van der Waals surface area contributed by atoms with E-state index in [1.807, 2.05) is 32.0 Å². The lowest BCUT2D eigenvalue weighted by Crippen LogP contribution is -2.29. The molecule has 0 unspecified atom stereocenters. The molecule has 1 N–H and O–H groups in total. The second-order valence-electron chi connectivity index (χ2n) is 7.47. The molecule has 3 aromatic rings. The van der Waals surface area contributed by atoms with Crippen LogP contribution < -0.4 is 0 Å². The predicted octanol–water partition coefficient (Wildman–Crippen LogP) is 3.45. The number of nitrogens with zero attached hydrogens (tertiary/aromatic N) is 4. The average molecular weight is 350 g/mol. The Morgan fingerprint density at radius 2 is 1.77 bits per heavy atom. The van der Waals surface area contributed by atoms with E-state index in [1.165, 1.54) is 5.56 Å². The van der Waals surface area contributed by atoms with Crippen LogP contribution in [0.5, 0.6) is 5.88 Å². The molecular weight excluding hydrogens is 324 g/mol. The van der Waals surface area contributed by atoms with Crippen LogP contribution in [0.1, 0.15) is 46.8 Å². The summed E-state index contributed by atoms with van der Waals surface area (Å²) in [5.74, 6) is 0.689. The van der Waals surface area contributed by atoms with E-state index >= 15 is 0 Å². The molecule has 0 bridgehead atoms. The Kier molecular flexibility index (Phi) is 4.41. The molecule has 0 atom stereocenters. The first kappa shape index (κ1) is 17.0. The van der Waals surface area contributed by atoms with E-state index in [1.54, 1.807) is 4.52 Å². The van der Waals surface area contributed by atoms with E-state index in [9.17, 15) is 5.11 Å². The fourth-order valence-corrected chi connectivity index (χ4v) is 4.08. The van der Waals surface area contributed by atoms with Crippen molar-refractivity contribution in [1.82, 2.24) is 19.5 Å². The van der Waals surface area contributed by atoms with Gasteiger partial charge < -0.3 is 10.0 Å². The van der Waals surface area contributed by atoms with Crippen molar-refractivity contribution in [2.45, 2.75) is 39.0 Å². The van der Waals surface area contributed by atoms with Gasteiger partial charge in [-0.05, 0) is 58.3 Å². The molecule has 0 amide bonds. The smallest absolute Gasteiger partial charge is 0.219 e. The van der Waals surface area contributed by atoms with Gasteiger partial charge in [0, 0.05) is 23.2 Å². The number of likely N-dealkylation sites (tertiary alicyclic amines) is 1. The van der Waals surface area contributed by atoms with Crippen LogP contribution in [0, 0.1) is 13.8 Å². The highest BCUT2D eigenvalue weighted by molar-refractivity contribution is 5.56. The minimum atomic E-state index is 0.221. The first-order valence-corrected chi connectivity index (χ1v) is 9.34. The second-order valence-corrected chi connectivity index (χ2v) is 7.47. The van der Waals surface area contributed by atoms with Gasteiger partial charge in [0.05, 0.1) is 5.69 Å². The van der Waals surface area contributed by atoms with Crippen LogP contribution in [0.3, 0.4) is 0 Å². The van der Waals surface area contributed by atoms with Gasteiger partial charge in [0.25, 0.3) is 0 Å². The Hall–Kier alpha value is -2.40. The Balaban J connectivity index is 1.77. The molecule has 26 heavy (non-hydrogen) atoms. The van der Waals surface area contributed by atoms with Gasteiger partial charge in [-0.25, -0.2) is 4.98 Å². The summed E-state index contributed by atoms with van der Waals surface area (Å²) in [6.45, 7) is 6.21. The molecule has 1 aliphatic heterocycles. The van der Waals surface area contributed by atoms with Gasteiger partial charge in [0.2, 0.25) is 5.88 Å². The van der Waals surface area contributed by atoms with Gasteiger partial charge in [0.15, 0.2) is 5.65 Å². The van der Waals surface area contributed by atoms with E-state index in [2.05, 4.69) is 29.2 Å². The first-order valence-electron chi connectivity index (χ1n) is 9.34. The number of aryl methyl sites for hydroxylation is 2. The molecular formula is C21H26N4O. The number of benzene rings is 1. The standard InChI is InChI=1S/C21H26N4O/c1-14-18(13-16-7-5-4-6-8-16)21(26)25-20(22-14)19(15(2)23-25)17-9-11-24(3)12-10-17/h4-8,17,26H,9-13H2,1-3H3. The fourth-order valence-electron chi connectivity index (χ4n) is 4.08. The minimum absolute atomic E-state index is 0.221. The highest BCUT2D eigenvalue weighted by Gasteiger charge is 2.26. The zero-order valence-electron chi connectivity index (χ0n) is 15.7. The van der Waals surface area contributed by atoms with Crippen molar-refractivity contribution in [3.63, 3.8) is 0 Å². The third-order valence-corrected chi connectivity index (χ3v) is 5.61. The Morgan fingerprint density at radius 3 is 2.46 bits per heavy atom. The van der Waals surface area contributed by atoms with Crippen molar-refractivity contribution in [3.05, 3.63) is 58.4 Å². The Bertz CT molecular complexity index is 924. The van der Waals surface area contributed by atoms with E-state index in [0.29, 0.717) is 12.3 Å². The lowest BCUT2D eigenvalue weighted by molar-refractivity contribution is 0.255. The van der Waals surface area contributed by atoms with Crippen LogP contribution in [0.2, 0.25) is 0 Å². The van der Waals surface area contributed by atoms with Crippen molar-refractivity contribution in [2.75, 3.05) is 20.1 Å². The number of aromatic nitrogens is 3. The molecule has 1 aliphatic rings. The minimum Gasteiger partial charge on any atom is -0.493 e. The monoisotopic (exact) mass is 350 g/mol. The molecule has 4 rings (SSSR count). The van der Waals surface area contributed by atoms with Crippen LogP contribution in [-0.2, 0) is 6.42 Å². The second kappa shape index (κ2) is 6.72. The van der Waals surface area contributed by atoms with Gasteiger partial charge >= 0.3 is 0 Å². The molecule has 0 spiro atoms. The van der Waals surface area contributed by atoms with Crippen molar-refractivity contribution in [2.24, 2.45) is 0 Å². The maximum atomic E-state index is 10.9. The molecule has 3 heterocycles. The van der Waals surface area contributed by atoms with E-state index < -0.39 is 0 Å². The molecule has 1 aromatic carbocycles. The van der Waals surface area contributed by atoms with Gasteiger partial charge in [0.1, 0.15) is 0 Å². The molecule has 0 saturated carbocycles. The van der Waals surface area contributed by atoms with E-state index in [0.717, 1.165) is 54.1 Å². The fraction of sp³-hybridized carbons (Fsp3) is 0.429. The maximum Gasteiger partial charge on any atom is 0.219 e. The highest BCUT2D eigenvalue weighted by atomic mass is 16.3. The zero-order valence-corrected chi connectivity index (χ0v) is 15.7. The number of aromatic hydroxyl groups is 1. The zero-order chi connectivity index (χ0) is 18.3. The lowest BCUT2D eigenvalue weighted by Gasteiger charge is -2.28. The predicted molar refractivity (Wildman–Crippen MR) is 103 cm³/mol. The molecule has 1 saturated heterocycles. The van der Waals surface area contributed by atoms with Crippen LogP contribution >= 0.6 is 0 Å². The Labute approximate surface area is 154 Å². The normalized spacial score (nSPS) is 16.4. The number of hydrogen-bond acceptors (Lipinski definition) is 4. The number of hydrogen-bond donors (Lipinski definition) is 1. The topological polar surface area (TPSA) is 53.7 Å². The third kappa shape index (κ3) is 2.97. The van der Waals surface area contributed by atoms with E-state index in [-0.39, 0.29) is 5.88 Å². The molecule has 0 aliphatic carbocycles. The van der Waals surface area contributed by atoms with Gasteiger partial charge in [-0.1, -0.05) is 30.3 Å². The van der Waals surface area contributed by atoms with Gasteiger partial charge in [-0.3, -0.25) is 0 Å². The summed E-state index contributed by atoms with van der Waals surface area (Å²) < 4.78 is 1.65. The van der Waals surface area contributed by atoms with Crippen LogP contribution in [0.4, 0.5) is 0 Å². The molecule has 2 aromatic heterocycles. The van der Waals surface area contributed by atoms with Crippen molar-refractivity contribution in [1.29, 1.82) is 0 Å². The third-order valence-electron chi connectivity index (χ3n) is 5.61. The number of fused-ring (bicyclic) bond motifs is 1. The number of piperidine rings is 1. The largest absolute Gasteiger partial charge is 0.493 e. The summed E-state index contributed by atoms with van der Waals surface area (Å²) in [5, 5.41) is 15.6. The van der Waals surface area contributed by atoms with E-state index in [4.69, 9.17) is 4.98 Å². The van der Waals surface area contributed by atoms with Crippen molar-refractivity contribution >= 4 is 5.65 Å². The SMILES string of the molecule is Cc1nc2c(C3CCN(C)CC3)c(C)nn2c(O)c1Cc1ccccc1. The van der Waals surface area contributed by atoms with Gasteiger partial charge in [-0.2, -0.15) is 9.61 Å². The summed E-state index contributed by atoms with van der Waals surface area (Å²) in [6.07, 6.45) is 2.89. The van der Waals surface area contributed by atoms with Gasteiger partial charge in [-0.15, -0.1) is 0 Å². The van der Waals surface area contributed by atoms with Crippen molar-refractivity contribution < 1.29 is 5.11 Å². The Morgan fingerprint density at radius 1 is 1.08 bits per heavy atom. The highest BCUT2D eigenvalue weighted by Crippen LogP contribution is 2.35.